The maximum atomic E-state index is 13.0. The summed E-state index contributed by atoms with van der Waals surface area (Å²) >= 11 is 0. The van der Waals surface area contributed by atoms with Gasteiger partial charge in [0, 0.05) is 25.6 Å². The van der Waals surface area contributed by atoms with E-state index in [1.165, 1.54) is 12.1 Å². The molecule has 0 aliphatic carbocycles. The highest BCUT2D eigenvalue weighted by atomic mass is 19.1. The van der Waals surface area contributed by atoms with E-state index in [1.54, 1.807) is 11.0 Å². The molecule has 114 valence electrons. The van der Waals surface area contributed by atoms with Crippen LogP contribution in [0.3, 0.4) is 0 Å². The second kappa shape index (κ2) is 7.06. The molecule has 6 heteroatoms. The Labute approximate surface area is 123 Å². The van der Waals surface area contributed by atoms with Gasteiger partial charge in [0.1, 0.15) is 5.82 Å². The number of carbonyl (C=O) groups excluding carboxylic acids is 2. The number of hydrogen-bond donors (Lipinski definition) is 2. The first kappa shape index (κ1) is 15.3. The van der Waals surface area contributed by atoms with Crippen molar-refractivity contribution < 1.29 is 14.0 Å². The average Bonchev–Trinajstić information content (AvgIpc) is 2.47. The number of piperidine rings is 1. The number of primary amides is 1. The van der Waals surface area contributed by atoms with Crippen LogP contribution in [0, 0.1) is 11.7 Å². The van der Waals surface area contributed by atoms with Gasteiger partial charge in [0.05, 0.1) is 0 Å². The number of nitrogens with zero attached hydrogens (tertiary/aromatic N) is 1. The molecule has 1 saturated heterocycles. The summed E-state index contributed by atoms with van der Waals surface area (Å²) in [5, 5.41) is 2.81. The Bertz CT molecular complexity index is 513. The van der Waals surface area contributed by atoms with Crippen LogP contribution in [0.15, 0.2) is 24.3 Å². The van der Waals surface area contributed by atoms with Gasteiger partial charge < -0.3 is 16.0 Å². The van der Waals surface area contributed by atoms with Gasteiger partial charge in [0.2, 0.25) is 5.91 Å². The van der Waals surface area contributed by atoms with Gasteiger partial charge in [-0.1, -0.05) is 12.1 Å². The molecule has 1 heterocycles. The van der Waals surface area contributed by atoms with Crippen molar-refractivity contribution in [2.45, 2.75) is 19.3 Å². The zero-order valence-corrected chi connectivity index (χ0v) is 11.8. The number of benzene rings is 1. The molecule has 0 aromatic heterocycles. The van der Waals surface area contributed by atoms with Crippen LogP contribution in [-0.4, -0.2) is 36.5 Å². The predicted molar refractivity (Wildman–Crippen MR) is 77.0 cm³/mol. The highest BCUT2D eigenvalue weighted by Crippen LogP contribution is 2.16. The fourth-order valence-electron chi connectivity index (χ4n) is 2.49. The van der Waals surface area contributed by atoms with Crippen LogP contribution in [0.2, 0.25) is 0 Å². The molecule has 21 heavy (non-hydrogen) atoms. The Hall–Kier alpha value is -2.11. The molecular weight excluding hydrogens is 273 g/mol. The molecular formula is C15H20FN3O2. The van der Waals surface area contributed by atoms with E-state index in [4.69, 9.17) is 5.73 Å². The highest BCUT2D eigenvalue weighted by Gasteiger charge is 2.25. The first-order valence-electron chi connectivity index (χ1n) is 7.13. The lowest BCUT2D eigenvalue weighted by Gasteiger charge is -2.30. The minimum atomic E-state index is -0.291. The zero-order chi connectivity index (χ0) is 15.2. The van der Waals surface area contributed by atoms with Gasteiger partial charge in [0.25, 0.3) is 0 Å². The van der Waals surface area contributed by atoms with E-state index in [9.17, 15) is 14.0 Å². The lowest BCUT2D eigenvalue weighted by molar-refractivity contribution is -0.123. The fourth-order valence-corrected chi connectivity index (χ4v) is 2.49. The second-order valence-corrected chi connectivity index (χ2v) is 5.28. The number of hydrogen-bond acceptors (Lipinski definition) is 2. The molecule has 3 N–H and O–H groups in total. The normalized spacial score (nSPS) is 15.8. The largest absolute Gasteiger partial charge is 0.369 e. The monoisotopic (exact) mass is 293 g/mol. The Morgan fingerprint density at radius 3 is 2.67 bits per heavy atom. The van der Waals surface area contributed by atoms with Crippen molar-refractivity contribution in [1.82, 2.24) is 10.2 Å². The van der Waals surface area contributed by atoms with Gasteiger partial charge in [-0.25, -0.2) is 9.18 Å². The van der Waals surface area contributed by atoms with Gasteiger partial charge in [-0.2, -0.15) is 0 Å². The van der Waals surface area contributed by atoms with Crippen molar-refractivity contribution in [2.24, 2.45) is 11.7 Å². The first-order chi connectivity index (χ1) is 10.1. The molecule has 0 saturated carbocycles. The maximum Gasteiger partial charge on any atom is 0.317 e. The van der Waals surface area contributed by atoms with Crippen LogP contribution in [0.4, 0.5) is 9.18 Å². The van der Waals surface area contributed by atoms with Crippen LogP contribution >= 0.6 is 0 Å². The number of halogens is 1. The molecule has 2 rings (SSSR count). The minimum absolute atomic E-state index is 0.124. The molecule has 0 bridgehead atoms. The van der Waals surface area contributed by atoms with E-state index in [-0.39, 0.29) is 23.7 Å². The number of likely N-dealkylation sites (tertiary alicyclic amines) is 1. The SMILES string of the molecule is NC(=O)C1CCN(C(=O)NCCc2cccc(F)c2)CC1. The average molecular weight is 293 g/mol. The molecule has 1 fully saturated rings. The number of rotatable bonds is 4. The standard InChI is InChI=1S/C15H20FN3O2/c16-13-3-1-2-11(10-13)4-7-18-15(21)19-8-5-12(6-9-19)14(17)20/h1-3,10,12H,4-9H2,(H2,17,20)(H,18,21). The van der Waals surface area contributed by atoms with Crippen molar-refractivity contribution in [1.29, 1.82) is 0 Å². The molecule has 1 aromatic rings. The first-order valence-corrected chi connectivity index (χ1v) is 7.13. The van der Waals surface area contributed by atoms with Crippen molar-refractivity contribution in [3.8, 4) is 0 Å². The van der Waals surface area contributed by atoms with Crippen molar-refractivity contribution in [2.75, 3.05) is 19.6 Å². The minimum Gasteiger partial charge on any atom is -0.369 e. The number of nitrogens with one attached hydrogen (secondary N) is 1. The van der Waals surface area contributed by atoms with Crippen LogP contribution in [0.25, 0.3) is 0 Å². The predicted octanol–water partition coefficient (Wildman–Crippen LogP) is 1.28. The summed E-state index contributed by atoms with van der Waals surface area (Å²) in [6.45, 7) is 1.54. The van der Waals surface area contributed by atoms with Crippen molar-refractivity contribution in [3.05, 3.63) is 35.6 Å². The zero-order valence-electron chi connectivity index (χ0n) is 11.8. The Morgan fingerprint density at radius 2 is 2.05 bits per heavy atom. The van der Waals surface area contributed by atoms with Crippen LogP contribution in [-0.2, 0) is 11.2 Å². The number of amides is 3. The van der Waals surface area contributed by atoms with E-state index < -0.39 is 0 Å². The molecule has 1 aliphatic rings. The smallest absolute Gasteiger partial charge is 0.317 e. The van der Waals surface area contributed by atoms with Crippen LogP contribution in [0.5, 0.6) is 0 Å². The van der Waals surface area contributed by atoms with E-state index >= 15 is 0 Å². The third-order valence-corrected chi connectivity index (χ3v) is 3.76. The van der Waals surface area contributed by atoms with Gasteiger partial charge in [-0.3, -0.25) is 4.79 Å². The number of urea groups is 1. The topological polar surface area (TPSA) is 75.4 Å². The van der Waals surface area contributed by atoms with Crippen molar-refractivity contribution >= 4 is 11.9 Å². The maximum absolute atomic E-state index is 13.0. The Morgan fingerprint density at radius 1 is 1.33 bits per heavy atom. The molecule has 1 aromatic carbocycles. The quantitative estimate of drug-likeness (QED) is 0.877. The molecule has 0 spiro atoms. The van der Waals surface area contributed by atoms with E-state index in [0.29, 0.717) is 38.9 Å². The lowest BCUT2D eigenvalue weighted by atomic mass is 9.96. The summed E-state index contributed by atoms with van der Waals surface area (Å²) in [7, 11) is 0. The van der Waals surface area contributed by atoms with Gasteiger partial charge in [0.15, 0.2) is 0 Å². The Balaban J connectivity index is 1.72. The molecule has 0 atom stereocenters. The second-order valence-electron chi connectivity index (χ2n) is 5.28. The molecule has 3 amide bonds. The van der Waals surface area contributed by atoms with Gasteiger partial charge >= 0.3 is 6.03 Å². The summed E-state index contributed by atoms with van der Waals surface area (Å²) < 4.78 is 13.0. The number of nitrogens with two attached hydrogens (primary N) is 1. The fraction of sp³-hybridized carbons (Fsp3) is 0.467. The number of carbonyl (C=O) groups is 2. The highest BCUT2D eigenvalue weighted by molar-refractivity contribution is 5.78. The lowest BCUT2D eigenvalue weighted by Crippen LogP contribution is -2.46. The third kappa shape index (κ3) is 4.44. The van der Waals surface area contributed by atoms with Crippen molar-refractivity contribution in [3.63, 3.8) is 0 Å². The van der Waals surface area contributed by atoms with Gasteiger partial charge in [-0.05, 0) is 37.0 Å². The summed E-state index contributed by atoms with van der Waals surface area (Å²) in [5.41, 5.74) is 6.11. The van der Waals surface area contributed by atoms with Crippen LogP contribution in [0.1, 0.15) is 18.4 Å². The van der Waals surface area contributed by atoms with E-state index in [2.05, 4.69) is 5.32 Å². The van der Waals surface area contributed by atoms with Gasteiger partial charge in [-0.15, -0.1) is 0 Å². The summed E-state index contributed by atoms with van der Waals surface area (Å²) in [5.74, 6) is -0.685. The molecule has 5 nitrogen and oxygen atoms in total. The molecule has 0 unspecified atom stereocenters. The molecule has 0 radical (unpaired) electrons. The van der Waals surface area contributed by atoms with E-state index in [0.717, 1.165) is 5.56 Å². The summed E-state index contributed by atoms with van der Waals surface area (Å²) in [4.78, 5) is 24.7. The third-order valence-electron chi connectivity index (χ3n) is 3.76. The molecule has 1 aliphatic heterocycles. The van der Waals surface area contributed by atoms with Crippen LogP contribution < -0.4 is 11.1 Å². The summed E-state index contributed by atoms with van der Waals surface area (Å²) in [6.07, 6.45) is 1.82. The van der Waals surface area contributed by atoms with E-state index in [1.807, 2.05) is 6.07 Å². The Kier molecular flexibility index (Phi) is 5.14. The summed E-state index contributed by atoms with van der Waals surface area (Å²) in [6, 6.07) is 6.19.